The monoisotopic (exact) mass is 455 g/mol. The van der Waals surface area contributed by atoms with Crippen LogP contribution in [0.15, 0.2) is 78.9 Å². The fourth-order valence-electron chi connectivity index (χ4n) is 3.73. The number of benzene rings is 2. The van der Waals surface area contributed by atoms with Crippen LogP contribution in [0.1, 0.15) is 18.2 Å². The van der Waals surface area contributed by atoms with E-state index in [0.717, 1.165) is 22.4 Å². The lowest BCUT2D eigenvalue weighted by molar-refractivity contribution is -0.0384. The third kappa shape index (κ3) is 4.61. The summed E-state index contributed by atoms with van der Waals surface area (Å²) in [6.45, 7) is 0. The molecule has 32 heavy (non-hydrogen) atoms. The SMILES string of the molecule is CNC(F)(F)c1cc(-c2ccc(-c3cccc(OC)c3)cc2)n(C2C=CC=CC(Cl)C2)n1. The molecule has 0 bridgehead atoms. The molecule has 1 heterocycles. The standard InChI is InChI=1S/C25H24ClF2N3O/c1-29-25(27,28)24-16-23(31(30-24)21-8-4-3-7-20(26)15-21)18-12-10-17(11-13-18)19-6-5-9-22(14-19)32-2/h3-14,16,20-21,29H,15H2,1-2H3. The second-order valence-corrected chi connectivity index (χ2v) is 8.14. The number of rotatable bonds is 6. The third-order valence-electron chi connectivity index (χ3n) is 5.50. The molecule has 0 spiro atoms. The van der Waals surface area contributed by atoms with E-state index in [9.17, 15) is 8.78 Å². The van der Waals surface area contributed by atoms with Crippen LogP contribution in [0.2, 0.25) is 0 Å². The van der Waals surface area contributed by atoms with Gasteiger partial charge in [0.15, 0.2) is 0 Å². The molecule has 0 amide bonds. The molecule has 0 saturated carbocycles. The van der Waals surface area contributed by atoms with E-state index in [1.54, 1.807) is 11.8 Å². The van der Waals surface area contributed by atoms with Crippen LogP contribution in [0.4, 0.5) is 8.78 Å². The molecule has 1 aromatic heterocycles. The lowest BCUT2D eigenvalue weighted by Gasteiger charge is -2.18. The van der Waals surface area contributed by atoms with Crippen molar-refractivity contribution in [2.45, 2.75) is 23.9 Å². The summed E-state index contributed by atoms with van der Waals surface area (Å²) < 4.78 is 35.8. The Morgan fingerprint density at radius 3 is 2.47 bits per heavy atom. The van der Waals surface area contributed by atoms with Crippen LogP contribution in [-0.4, -0.2) is 29.3 Å². The zero-order chi connectivity index (χ0) is 22.7. The topological polar surface area (TPSA) is 39.1 Å². The van der Waals surface area contributed by atoms with Gasteiger partial charge in [-0.25, -0.2) is 0 Å². The first-order chi connectivity index (χ1) is 15.4. The van der Waals surface area contributed by atoms with Crippen LogP contribution in [0, 0.1) is 0 Å². The molecule has 7 heteroatoms. The molecule has 0 saturated heterocycles. The van der Waals surface area contributed by atoms with Gasteiger partial charge in [-0.3, -0.25) is 10.00 Å². The van der Waals surface area contributed by atoms with Crippen LogP contribution in [0.25, 0.3) is 22.4 Å². The minimum Gasteiger partial charge on any atom is -0.497 e. The summed E-state index contributed by atoms with van der Waals surface area (Å²) in [5.41, 5.74) is 3.07. The van der Waals surface area contributed by atoms with Gasteiger partial charge < -0.3 is 4.74 Å². The molecule has 166 valence electrons. The van der Waals surface area contributed by atoms with Crippen molar-refractivity contribution in [2.24, 2.45) is 0 Å². The maximum Gasteiger partial charge on any atom is 0.347 e. The predicted octanol–water partition coefficient (Wildman–Crippen LogP) is 6.16. The van der Waals surface area contributed by atoms with E-state index in [4.69, 9.17) is 16.3 Å². The van der Waals surface area contributed by atoms with Gasteiger partial charge in [-0.15, -0.1) is 11.6 Å². The van der Waals surface area contributed by atoms with Gasteiger partial charge in [0.1, 0.15) is 11.4 Å². The quantitative estimate of drug-likeness (QED) is 0.357. The Balaban J connectivity index is 1.74. The van der Waals surface area contributed by atoms with E-state index in [1.807, 2.05) is 78.2 Å². The first-order valence-corrected chi connectivity index (χ1v) is 10.8. The van der Waals surface area contributed by atoms with E-state index >= 15 is 0 Å². The van der Waals surface area contributed by atoms with Crippen molar-refractivity contribution >= 4 is 11.6 Å². The molecular formula is C25H24ClF2N3O. The summed E-state index contributed by atoms with van der Waals surface area (Å²) in [6, 6.07) is 13.5. The van der Waals surface area contributed by atoms with Gasteiger partial charge in [-0.05, 0) is 48.4 Å². The fourth-order valence-corrected chi connectivity index (χ4v) is 3.99. The molecule has 0 aliphatic heterocycles. The molecule has 2 aromatic carbocycles. The molecule has 0 fully saturated rings. The molecule has 1 aliphatic rings. The second-order valence-electron chi connectivity index (χ2n) is 7.58. The number of nitrogens with one attached hydrogen (secondary N) is 1. The van der Waals surface area contributed by atoms with E-state index in [2.05, 4.69) is 5.10 Å². The Hall–Kier alpha value is -2.96. The molecular weight excluding hydrogens is 432 g/mol. The molecule has 1 aliphatic carbocycles. The Bertz CT molecular complexity index is 1140. The molecule has 4 nitrogen and oxygen atoms in total. The Morgan fingerprint density at radius 2 is 1.75 bits per heavy atom. The Labute approximate surface area is 191 Å². The smallest absolute Gasteiger partial charge is 0.347 e. The molecule has 0 radical (unpaired) electrons. The zero-order valence-electron chi connectivity index (χ0n) is 17.8. The van der Waals surface area contributed by atoms with Crippen LogP contribution in [0.3, 0.4) is 0 Å². The Morgan fingerprint density at radius 1 is 1.03 bits per heavy atom. The first kappa shape index (κ1) is 22.2. The number of hydrogen-bond acceptors (Lipinski definition) is 3. The highest BCUT2D eigenvalue weighted by molar-refractivity contribution is 6.21. The van der Waals surface area contributed by atoms with Gasteiger partial charge in [-0.2, -0.15) is 13.9 Å². The van der Waals surface area contributed by atoms with Crippen LogP contribution in [-0.2, 0) is 6.05 Å². The highest BCUT2D eigenvalue weighted by atomic mass is 35.5. The summed E-state index contributed by atoms with van der Waals surface area (Å²) >= 11 is 6.36. The van der Waals surface area contributed by atoms with Crippen LogP contribution in [0.5, 0.6) is 5.75 Å². The third-order valence-corrected chi connectivity index (χ3v) is 5.82. The number of methoxy groups -OCH3 is 1. The number of hydrogen-bond donors (Lipinski definition) is 1. The van der Waals surface area contributed by atoms with E-state index in [1.165, 1.54) is 13.1 Å². The second kappa shape index (κ2) is 9.27. The van der Waals surface area contributed by atoms with Crippen molar-refractivity contribution in [3.63, 3.8) is 0 Å². The minimum atomic E-state index is -3.24. The van der Waals surface area contributed by atoms with Crippen LogP contribution < -0.4 is 10.1 Å². The van der Waals surface area contributed by atoms with Crippen molar-refractivity contribution in [2.75, 3.05) is 14.2 Å². The highest BCUT2D eigenvalue weighted by Crippen LogP contribution is 2.34. The number of halogens is 3. The Kier molecular flexibility index (Phi) is 6.44. The lowest BCUT2D eigenvalue weighted by Crippen LogP contribution is -2.30. The molecule has 2 unspecified atom stereocenters. The van der Waals surface area contributed by atoms with Gasteiger partial charge in [0, 0.05) is 0 Å². The number of nitrogens with zero attached hydrogens (tertiary/aromatic N) is 2. The van der Waals surface area contributed by atoms with E-state index in [0.29, 0.717) is 12.1 Å². The maximum absolute atomic E-state index is 14.4. The van der Waals surface area contributed by atoms with Crippen molar-refractivity contribution in [3.8, 4) is 28.1 Å². The molecule has 3 aromatic rings. The minimum absolute atomic E-state index is 0.212. The van der Waals surface area contributed by atoms with Crippen molar-refractivity contribution in [1.29, 1.82) is 0 Å². The van der Waals surface area contributed by atoms with E-state index in [-0.39, 0.29) is 17.1 Å². The van der Waals surface area contributed by atoms with Gasteiger partial charge in [-0.1, -0.05) is 60.7 Å². The van der Waals surface area contributed by atoms with Crippen molar-refractivity contribution < 1.29 is 13.5 Å². The lowest BCUT2D eigenvalue weighted by atomic mass is 10.0. The van der Waals surface area contributed by atoms with Gasteiger partial charge in [0.05, 0.1) is 24.2 Å². The van der Waals surface area contributed by atoms with Crippen molar-refractivity contribution in [3.05, 3.63) is 84.6 Å². The number of alkyl halides is 3. The average Bonchev–Trinajstić information content (AvgIpc) is 3.16. The van der Waals surface area contributed by atoms with Crippen LogP contribution >= 0.6 is 11.6 Å². The summed E-state index contributed by atoms with van der Waals surface area (Å²) in [7, 11) is 2.84. The van der Waals surface area contributed by atoms with Crippen molar-refractivity contribution in [1.82, 2.24) is 15.1 Å². The predicted molar refractivity (Wildman–Crippen MR) is 124 cm³/mol. The van der Waals surface area contributed by atoms with Gasteiger partial charge in [0.2, 0.25) is 0 Å². The highest BCUT2D eigenvalue weighted by Gasteiger charge is 2.34. The maximum atomic E-state index is 14.4. The molecule has 1 N–H and O–H groups in total. The summed E-state index contributed by atoms with van der Waals surface area (Å²) in [5, 5.41) is 6.11. The number of ether oxygens (including phenoxy) is 1. The number of aromatic nitrogens is 2. The zero-order valence-corrected chi connectivity index (χ0v) is 18.6. The summed E-state index contributed by atoms with van der Waals surface area (Å²) in [4.78, 5) is 0. The molecule has 4 rings (SSSR count). The molecule has 2 atom stereocenters. The summed E-state index contributed by atoms with van der Waals surface area (Å²) in [6.07, 6.45) is 8.11. The fraction of sp³-hybridized carbons (Fsp3) is 0.240. The van der Waals surface area contributed by atoms with E-state index < -0.39 is 6.05 Å². The largest absolute Gasteiger partial charge is 0.497 e. The van der Waals surface area contributed by atoms with Gasteiger partial charge >= 0.3 is 6.05 Å². The number of allylic oxidation sites excluding steroid dienone is 4. The first-order valence-electron chi connectivity index (χ1n) is 10.3. The summed E-state index contributed by atoms with van der Waals surface area (Å²) in [5.74, 6) is 0.771. The van der Waals surface area contributed by atoms with Gasteiger partial charge in [0.25, 0.3) is 0 Å². The normalized spacial score (nSPS) is 18.5. The average molecular weight is 456 g/mol.